The normalized spacial score (nSPS) is 11.1. The first kappa shape index (κ1) is 17.0. The average molecular weight is 390 g/mol. The number of hydrogen-bond donors (Lipinski definition) is 1. The number of anilines is 1. The van der Waals surface area contributed by atoms with Crippen LogP contribution in [0, 0.1) is 11.6 Å². The number of pyridine rings is 1. The minimum absolute atomic E-state index is 0.0352. The average Bonchev–Trinajstić information content (AvgIpc) is 3.05. The number of aromatic nitrogens is 6. The number of rotatable bonds is 3. The smallest absolute Gasteiger partial charge is 0.341 e. The van der Waals surface area contributed by atoms with Crippen LogP contribution in [0.3, 0.4) is 0 Å². The maximum absolute atomic E-state index is 14.5. The van der Waals surface area contributed by atoms with Crippen molar-refractivity contribution in [3.05, 3.63) is 47.6 Å². The van der Waals surface area contributed by atoms with Gasteiger partial charge in [-0.05, 0) is 12.1 Å². The van der Waals surface area contributed by atoms with Gasteiger partial charge in [-0.3, -0.25) is 4.68 Å². The topological polar surface area (TPSA) is 105 Å². The van der Waals surface area contributed by atoms with Crippen LogP contribution in [0.15, 0.2) is 31.0 Å². The summed E-state index contributed by atoms with van der Waals surface area (Å²) in [6, 6.07) is 2.32. The van der Waals surface area contributed by atoms with Crippen LogP contribution in [-0.4, -0.2) is 29.7 Å². The predicted molar refractivity (Wildman–Crippen MR) is 93.2 cm³/mol. The summed E-state index contributed by atoms with van der Waals surface area (Å²) in [5.74, 6) is -1.56. The number of benzene rings is 1. The zero-order valence-corrected chi connectivity index (χ0v) is 14.4. The van der Waals surface area contributed by atoms with E-state index < -0.39 is 16.7 Å². The van der Waals surface area contributed by atoms with Crippen molar-refractivity contribution in [1.82, 2.24) is 29.7 Å². The van der Waals surface area contributed by atoms with Crippen molar-refractivity contribution >= 4 is 28.3 Å². The van der Waals surface area contributed by atoms with Crippen molar-refractivity contribution in [3.63, 3.8) is 0 Å². The highest BCUT2D eigenvalue weighted by atomic mass is 35.5. The fourth-order valence-corrected chi connectivity index (χ4v) is 2.68. The number of nitrogens with zero attached hydrogens (tertiary/aromatic N) is 6. The maximum atomic E-state index is 14.5. The van der Waals surface area contributed by atoms with Gasteiger partial charge in [0.1, 0.15) is 34.8 Å². The third-order valence-electron chi connectivity index (χ3n) is 3.73. The van der Waals surface area contributed by atoms with E-state index in [9.17, 15) is 8.78 Å². The van der Waals surface area contributed by atoms with Gasteiger partial charge < -0.3 is 10.5 Å². The van der Waals surface area contributed by atoms with E-state index in [-0.39, 0.29) is 39.7 Å². The number of halogens is 3. The lowest BCUT2D eigenvalue weighted by molar-refractivity contribution is 0.442. The molecule has 0 saturated carbocycles. The van der Waals surface area contributed by atoms with E-state index in [0.29, 0.717) is 0 Å². The highest BCUT2D eigenvalue weighted by Crippen LogP contribution is 2.37. The molecule has 0 radical (unpaired) electrons. The predicted octanol–water partition coefficient (Wildman–Crippen LogP) is 3.13. The Morgan fingerprint density at radius 1 is 1.15 bits per heavy atom. The summed E-state index contributed by atoms with van der Waals surface area (Å²) in [7, 11) is 1.68. The van der Waals surface area contributed by atoms with Crippen molar-refractivity contribution in [2.75, 3.05) is 5.73 Å². The fourth-order valence-electron chi connectivity index (χ4n) is 2.52. The Balaban J connectivity index is 1.94. The molecule has 0 aliphatic rings. The molecule has 0 aliphatic heterocycles. The van der Waals surface area contributed by atoms with Gasteiger partial charge in [-0.1, -0.05) is 11.6 Å². The molecule has 136 valence electrons. The van der Waals surface area contributed by atoms with E-state index in [0.717, 1.165) is 6.07 Å². The second-order valence-electron chi connectivity index (χ2n) is 5.48. The zero-order chi connectivity index (χ0) is 19.1. The highest BCUT2D eigenvalue weighted by molar-refractivity contribution is 6.31. The Labute approximate surface area is 155 Å². The first-order valence-electron chi connectivity index (χ1n) is 7.52. The van der Waals surface area contributed by atoms with E-state index in [2.05, 4.69) is 25.0 Å². The Hall–Kier alpha value is -3.40. The lowest BCUT2D eigenvalue weighted by Crippen LogP contribution is -2.01. The van der Waals surface area contributed by atoms with Crippen molar-refractivity contribution in [1.29, 1.82) is 0 Å². The molecule has 1 aromatic carbocycles. The van der Waals surface area contributed by atoms with Gasteiger partial charge in [0.25, 0.3) is 0 Å². The Morgan fingerprint density at radius 3 is 2.70 bits per heavy atom. The van der Waals surface area contributed by atoms with E-state index in [1.54, 1.807) is 7.05 Å². The summed E-state index contributed by atoms with van der Waals surface area (Å²) in [6.07, 6.45) is 3.97. The third kappa shape index (κ3) is 2.89. The second kappa shape index (κ2) is 6.40. The fraction of sp³-hybridized carbons (Fsp3) is 0.0625. The molecule has 0 unspecified atom stereocenters. The third-order valence-corrected chi connectivity index (χ3v) is 4.07. The molecular formula is C16H10ClF2N7O. The van der Waals surface area contributed by atoms with Crippen LogP contribution in [0.1, 0.15) is 0 Å². The molecule has 3 aromatic heterocycles. The number of nitrogen functional groups attached to an aromatic ring is 1. The van der Waals surface area contributed by atoms with Gasteiger partial charge in [0.15, 0.2) is 11.6 Å². The molecule has 0 atom stereocenters. The quantitative estimate of drug-likeness (QED) is 0.536. The standard InChI is InChI=1S/C16H10ClF2N7O/c1-26-6-24-16(25-26)27-9-4-21-13(14-10(9)15(20)23-5-22-14)7-2-3-8(18)11(17)12(7)19/h2-6H,1H3,(H2,20,22,23). The number of fused-ring (bicyclic) bond motifs is 1. The minimum Gasteiger partial charge on any atom is -0.421 e. The van der Waals surface area contributed by atoms with E-state index >= 15 is 0 Å². The monoisotopic (exact) mass is 389 g/mol. The number of nitrogens with two attached hydrogens (primary N) is 1. The van der Waals surface area contributed by atoms with E-state index in [4.69, 9.17) is 22.1 Å². The van der Waals surface area contributed by atoms with Gasteiger partial charge in [0, 0.05) is 12.6 Å². The van der Waals surface area contributed by atoms with Gasteiger partial charge in [-0.2, -0.15) is 4.98 Å². The molecule has 0 amide bonds. The van der Waals surface area contributed by atoms with Gasteiger partial charge in [0.05, 0.1) is 17.3 Å². The van der Waals surface area contributed by atoms with Gasteiger partial charge >= 0.3 is 6.01 Å². The Bertz CT molecular complexity index is 1180. The van der Waals surface area contributed by atoms with Crippen LogP contribution in [0.4, 0.5) is 14.6 Å². The van der Waals surface area contributed by atoms with E-state index in [1.807, 2.05) is 0 Å². The molecule has 0 saturated heterocycles. The largest absolute Gasteiger partial charge is 0.421 e. The lowest BCUT2D eigenvalue weighted by Gasteiger charge is -2.11. The maximum Gasteiger partial charge on any atom is 0.341 e. The van der Waals surface area contributed by atoms with Crippen molar-refractivity contribution in [3.8, 4) is 23.0 Å². The summed E-state index contributed by atoms with van der Waals surface area (Å²) >= 11 is 5.68. The number of hydrogen-bond acceptors (Lipinski definition) is 7. The van der Waals surface area contributed by atoms with Crippen molar-refractivity contribution in [2.24, 2.45) is 7.05 Å². The van der Waals surface area contributed by atoms with Gasteiger partial charge in [-0.25, -0.2) is 23.7 Å². The van der Waals surface area contributed by atoms with Crippen LogP contribution in [-0.2, 0) is 7.05 Å². The Kier molecular flexibility index (Phi) is 4.04. The zero-order valence-electron chi connectivity index (χ0n) is 13.7. The van der Waals surface area contributed by atoms with Crippen molar-refractivity contribution < 1.29 is 13.5 Å². The van der Waals surface area contributed by atoms with Crippen LogP contribution < -0.4 is 10.5 Å². The lowest BCUT2D eigenvalue weighted by atomic mass is 10.1. The molecule has 0 aliphatic carbocycles. The first-order chi connectivity index (χ1) is 13.0. The molecule has 8 nitrogen and oxygen atoms in total. The molecule has 11 heteroatoms. The SMILES string of the molecule is Cn1cnc(Oc2cnc(-c3ccc(F)c(Cl)c3F)c3ncnc(N)c23)n1. The molecule has 4 aromatic rings. The number of ether oxygens (including phenoxy) is 1. The van der Waals surface area contributed by atoms with Crippen LogP contribution >= 0.6 is 11.6 Å². The summed E-state index contributed by atoms with van der Waals surface area (Å²) in [5.41, 5.74) is 6.25. The van der Waals surface area contributed by atoms with Crippen LogP contribution in [0.5, 0.6) is 11.8 Å². The first-order valence-corrected chi connectivity index (χ1v) is 7.90. The molecule has 2 N–H and O–H groups in total. The van der Waals surface area contributed by atoms with Crippen molar-refractivity contribution in [2.45, 2.75) is 0 Å². The molecule has 0 spiro atoms. The highest BCUT2D eigenvalue weighted by Gasteiger charge is 2.21. The minimum atomic E-state index is -0.956. The molecule has 3 heterocycles. The summed E-state index contributed by atoms with van der Waals surface area (Å²) in [4.78, 5) is 16.2. The van der Waals surface area contributed by atoms with Gasteiger partial charge in [-0.15, -0.1) is 5.10 Å². The molecule has 0 fully saturated rings. The van der Waals surface area contributed by atoms with Gasteiger partial charge in [0.2, 0.25) is 0 Å². The van der Waals surface area contributed by atoms with Crippen LogP contribution in [0.2, 0.25) is 5.02 Å². The summed E-state index contributed by atoms with van der Waals surface area (Å²) in [5, 5.41) is 3.66. The second-order valence-corrected chi connectivity index (χ2v) is 5.86. The molecule has 27 heavy (non-hydrogen) atoms. The summed E-state index contributed by atoms with van der Waals surface area (Å²) < 4.78 is 35.0. The Morgan fingerprint density at radius 2 is 1.96 bits per heavy atom. The van der Waals surface area contributed by atoms with Crippen LogP contribution in [0.25, 0.3) is 22.2 Å². The summed E-state index contributed by atoms with van der Waals surface area (Å²) in [6.45, 7) is 0. The van der Waals surface area contributed by atoms with E-state index in [1.165, 1.54) is 29.6 Å². The molecular weight excluding hydrogens is 380 g/mol. The number of aryl methyl sites for hydroxylation is 1. The molecule has 4 rings (SSSR count). The molecule has 0 bridgehead atoms.